The number of likely N-dealkylation sites (tertiary alicyclic amines) is 1. The molecule has 116 valence electrons. The van der Waals surface area contributed by atoms with Crippen LogP contribution in [0.25, 0.3) is 0 Å². The molecule has 1 heterocycles. The lowest BCUT2D eigenvalue weighted by atomic mass is 9.94. The van der Waals surface area contributed by atoms with Crippen molar-refractivity contribution in [3.63, 3.8) is 0 Å². The lowest BCUT2D eigenvalue weighted by Crippen LogP contribution is -2.46. The van der Waals surface area contributed by atoms with Gasteiger partial charge in [-0.05, 0) is 64.4 Å². The molecule has 2 rings (SSSR count). The van der Waals surface area contributed by atoms with Crippen LogP contribution < -0.4 is 5.32 Å². The number of piperidine rings is 1. The number of nitrogens with zero attached hydrogens (tertiary/aromatic N) is 1. The topological polar surface area (TPSA) is 32.3 Å². The Balaban J connectivity index is 1.82. The summed E-state index contributed by atoms with van der Waals surface area (Å²) < 4.78 is 0. The minimum Gasteiger partial charge on any atom is -0.351 e. The molecule has 0 saturated carbocycles. The average molecular weight is 309 g/mol. The maximum absolute atomic E-state index is 12.2. The highest BCUT2D eigenvalue weighted by molar-refractivity contribution is 6.30. The van der Waals surface area contributed by atoms with Crippen molar-refractivity contribution in [3.8, 4) is 0 Å². The van der Waals surface area contributed by atoms with Crippen LogP contribution in [0.5, 0.6) is 0 Å². The highest BCUT2D eigenvalue weighted by Gasteiger charge is 2.27. The molecule has 0 spiro atoms. The van der Waals surface area contributed by atoms with Gasteiger partial charge in [0.25, 0.3) is 0 Å². The molecule has 0 atom stereocenters. The van der Waals surface area contributed by atoms with Gasteiger partial charge in [-0.1, -0.05) is 23.7 Å². The van der Waals surface area contributed by atoms with E-state index in [4.69, 9.17) is 11.6 Å². The maximum Gasteiger partial charge on any atom is 0.223 e. The third-order valence-electron chi connectivity index (χ3n) is 3.75. The SMILES string of the molecule is CC(C)(C)NC(=O)C1CCN(Cc2cccc(Cl)c2)CC1. The molecular formula is C17H25ClN2O. The van der Waals surface area contributed by atoms with Gasteiger partial charge in [-0.15, -0.1) is 0 Å². The molecule has 3 nitrogen and oxygen atoms in total. The number of rotatable bonds is 3. The van der Waals surface area contributed by atoms with Gasteiger partial charge in [0.2, 0.25) is 5.91 Å². The van der Waals surface area contributed by atoms with Gasteiger partial charge in [0.05, 0.1) is 0 Å². The minimum atomic E-state index is -0.144. The van der Waals surface area contributed by atoms with E-state index in [9.17, 15) is 4.79 Å². The zero-order valence-corrected chi connectivity index (χ0v) is 13.9. The summed E-state index contributed by atoms with van der Waals surface area (Å²) in [7, 11) is 0. The predicted octanol–water partition coefficient (Wildman–Crippen LogP) is 3.47. The molecule has 21 heavy (non-hydrogen) atoms. The fraction of sp³-hybridized carbons (Fsp3) is 0.588. The van der Waals surface area contributed by atoms with Crippen LogP contribution in [-0.4, -0.2) is 29.4 Å². The Morgan fingerprint density at radius 1 is 1.33 bits per heavy atom. The van der Waals surface area contributed by atoms with Gasteiger partial charge in [0.15, 0.2) is 0 Å². The Bertz CT molecular complexity index is 488. The standard InChI is InChI=1S/C17H25ClN2O/c1-17(2,3)19-16(21)14-7-9-20(10-8-14)12-13-5-4-6-15(18)11-13/h4-6,11,14H,7-10,12H2,1-3H3,(H,19,21). The van der Waals surface area contributed by atoms with Crippen molar-refractivity contribution < 1.29 is 4.79 Å². The number of carbonyl (C=O) groups excluding carboxylic acids is 1. The lowest BCUT2D eigenvalue weighted by Gasteiger charge is -2.33. The fourth-order valence-corrected chi connectivity index (χ4v) is 2.93. The summed E-state index contributed by atoms with van der Waals surface area (Å²) in [6.45, 7) is 8.93. The van der Waals surface area contributed by atoms with Crippen LogP contribution in [0.4, 0.5) is 0 Å². The molecule has 0 radical (unpaired) electrons. The molecule has 0 bridgehead atoms. The Morgan fingerprint density at radius 3 is 2.57 bits per heavy atom. The monoisotopic (exact) mass is 308 g/mol. The van der Waals surface area contributed by atoms with Gasteiger partial charge in [-0.25, -0.2) is 0 Å². The molecule has 0 aromatic heterocycles. The van der Waals surface area contributed by atoms with E-state index in [2.05, 4.69) is 16.3 Å². The van der Waals surface area contributed by atoms with E-state index in [1.54, 1.807) is 0 Å². The van der Waals surface area contributed by atoms with Crippen LogP contribution in [0.2, 0.25) is 5.02 Å². The molecule has 1 aliphatic heterocycles. The Hall–Kier alpha value is -1.06. The largest absolute Gasteiger partial charge is 0.351 e. The summed E-state index contributed by atoms with van der Waals surface area (Å²) in [6.07, 6.45) is 1.87. The molecule has 1 aliphatic rings. The Morgan fingerprint density at radius 2 is 2.00 bits per heavy atom. The quantitative estimate of drug-likeness (QED) is 0.927. The molecule has 0 aliphatic carbocycles. The number of amides is 1. The van der Waals surface area contributed by atoms with Crippen LogP contribution >= 0.6 is 11.6 Å². The highest BCUT2D eigenvalue weighted by atomic mass is 35.5. The van der Waals surface area contributed by atoms with Crippen molar-refractivity contribution in [3.05, 3.63) is 34.9 Å². The molecule has 1 N–H and O–H groups in total. The van der Waals surface area contributed by atoms with Crippen LogP contribution in [0.15, 0.2) is 24.3 Å². The summed E-state index contributed by atoms with van der Waals surface area (Å²) in [6, 6.07) is 8.00. The van der Waals surface area contributed by atoms with Gasteiger partial charge < -0.3 is 5.32 Å². The van der Waals surface area contributed by atoms with Gasteiger partial charge in [-0.3, -0.25) is 9.69 Å². The van der Waals surface area contributed by atoms with E-state index in [1.165, 1.54) is 5.56 Å². The van der Waals surface area contributed by atoms with Gasteiger partial charge >= 0.3 is 0 Å². The predicted molar refractivity (Wildman–Crippen MR) is 87.3 cm³/mol. The Labute approximate surface area is 132 Å². The van der Waals surface area contributed by atoms with Crippen molar-refractivity contribution in [2.75, 3.05) is 13.1 Å². The van der Waals surface area contributed by atoms with Gasteiger partial charge in [-0.2, -0.15) is 0 Å². The van der Waals surface area contributed by atoms with Crippen molar-refractivity contribution in [2.24, 2.45) is 5.92 Å². The summed E-state index contributed by atoms with van der Waals surface area (Å²) in [5.74, 6) is 0.352. The second kappa shape index (κ2) is 6.80. The number of hydrogen-bond donors (Lipinski definition) is 1. The van der Waals surface area contributed by atoms with Crippen LogP contribution in [0.1, 0.15) is 39.2 Å². The smallest absolute Gasteiger partial charge is 0.223 e. The highest BCUT2D eigenvalue weighted by Crippen LogP contribution is 2.21. The van der Waals surface area contributed by atoms with Crippen LogP contribution in [0.3, 0.4) is 0 Å². The second-order valence-electron chi connectivity index (χ2n) is 6.92. The van der Waals surface area contributed by atoms with Crippen molar-refractivity contribution in [2.45, 2.75) is 45.7 Å². The fourth-order valence-electron chi connectivity index (χ4n) is 2.72. The third-order valence-corrected chi connectivity index (χ3v) is 3.99. The first kappa shape index (κ1) is 16.3. The lowest BCUT2D eigenvalue weighted by molar-refractivity contribution is -0.127. The summed E-state index contributed by atoms with van der Waals surface area (Å²) >= 11 is 6.02. The molecule has 4 heteroatoms. The second-order valence-corrected chi connectivity index (χ2v) is 7.36. The number of halogens is 1. The Kier molecular flexibility index (Phi) is 5.28. The first-order valence-electron chi connectivity index (χ1n) is 7.62. The van der Waals surface area contributed by atoms with E-state index < -0.39 is 0 Å². The van der Waals surface area contributed by atoms with E-state index >= 15 is 0 Å². The summed E-state index contributed by atoms with van der Waals surface area (Å²) in [5, 5.41) is 3.87. The molecule has 1 saturated heterocycles. The average Bonchev–Trinajstić information content (AvgIpc) is 2.37. The van der Waals surface area contributed by atoms with Crippen LogP contribution in [0, 0.1) is 5.92 Å². The van der Waals surface area contributed by atoms with E-state index in [0.29, 0.717) is 0 Å². The molecule has 1 fully saturated rings. The molecule has 1 aromatic rings. The zero-order chi connectivity index (χ0) is 15.5. The number of carbonyl (C=O) groups is 1. The third kappa shape index (κ3) is 5.33. The van der Waals surface area contributed by atoms with Crippen molar-refractivity contribution in [1.82, 2.24) is 10.2 Å². The van der Waals surface area contributed by atoms with Crippen molar-refractivity contribution >= 4 is 17.5 Å². The van der Waals surface area contributed by atoms with Crippen LogP contribution in [-0.2, 0) is 11.3 Å². The van der Waals surface area contributed by atoms with E-state index in [0.717, 1.165) is 37.5 Å². The summed E-state index contributed by atoms with van der Waals surface area (Å²) in [5.41, 5.74) is 1.09. The first-order valence-corrected chi connectivity index (χ1v) is 8.00. The number of benzene rings is 1. The maximum atomic E-state index is 12.2. The van der Waals surface area contributed by atoms with Gasteiger partial charge in [0.1, 0.15) is 0 Å². The number of hydrogen-bond acceptors (Lipinski definition) is 2. The summed E-state index contributed by atoms with van der Waals surface area (Å²) in [4.78, 5) is 14.6. The minimum absolute atomic E-state index is 0.144. The normalized spacial score (nSPS) is 17.7. The molecular weight excluding hydrogens is 284 g/mol. The van der Waals surface area contributed by atoms with E-state index in [-0.39, 0.29) is 17.4 Å². The zero-order valence-electron chi connectivity index (χ0n) is 13.2. The van der Waals surface area contributed by atoms with Gasteiger partial charge in [0, 0.05) is 23.0 Å². The first-order chi connectivity index (χ1) is 9.83. The number of nitrogens with one attached hydrogen (secondary N) is 1. The van der Waals surface area contributed by atoms with E-state index in [1.807, 2.05) is 39.0 Å². The molecule has 1 aromatic carbocycles. The molecule has 1 amide bonds. The van der Waals surface area contributed by atoms with Crippen molar-refractivity contribution in [1.29, 1.82) is 0 Å². The molecule has 0 unspecified atom stereocenters.